The SMILES string of the molecule is Cc1cccc(Cl)c1N1CC=C[C@]23S[C@H]4/C=C\CCCOC(=O)[C@H]4[C@H]2C(=O)N([C@H](C)CO)C3C1=O. The number of cyclic esters (lactones) is 1. The number of likely N-dealkylation sites (tertiary alicyclic amines) is 1. The Balaban J connectivity index is 1.66. The van der Waals surface area contributed by atoms with Gasteiger partial charge in [-0.05, 0) is 38.3 Å². The zero-order valence-corrected chi connectivity index (χ0v) is 21.3. The van der Waals surface area contributed by atoms with Crippen LogP contribution in [0.5, 0.6) is 0 Å². The number of thioether (sulfide) groups is 1. The topological polar surface area (TPSA) is 87.2 Å². The lowest BCUT2D eigenvalue weighted by molar-refractivity contribution is -0.153. The zero-order chi connectivity index (χ0) is 24.9. The highest BCUT2D eigenvalue weighted by molar-refractivity contribution is 8.02. The summed E-state index contributed by atoms with van der Waals surface area (Å²) in [5.74, 6) is -2.42. The number of halogens is 1. The number of nitrogens with zero attached hydrogens (tertiary/aromatic N) is 2. The molecule has 2 saturated heterocycles. The molecule has 4 aliphatic rings. The van der Waals surface area contributed by atoms with Crippen LogP contribution in [0, 0.1) is 18.8 Å². The molecule has 5 rings (SSSR count). The predicted octanol–water partition coefficient (Wildman–Crippen LogP) is 3.12. The molecule has 0 bridgehead atoms. The summed E-state index contributed by atoms with van der Waals surface area (Å²) in [6.07, 6.45) is 9.41. The van der Waals surface area contributed by atoms with Gasteiger partial charge in [0.1, 0.15) is 6.04 Å². The average molecular weight is 517 g/mol. The van der Waals surface area contributed by atoms with Crippen molar-refractivity contribution in [1.29, 1.82) is 0 Å². The number of fused-ring (bicyclic) bond motifs is 2. The van der Waals surface area contributed by atoms with Crippen molar-refractivity contribution in [3.8, 4) is 0 Å². The Bertz CT molecular complexity index is 1100. The van der Waals surface area contributed by atoms with Crippen molar-refractivity contribution in [2.24, 2.45) is 11.8 Å². The molecule has 6 atom stereocenters. The highest BCUT2D eigenvalue weighted by Gasteiger charge is 2.71. The molecule has 7 nitrogen and oxygen atoms in total. The summed E-state index contributed by atoms with van der Waals surface area (Å²) < 4.78 is 4.60. The van der Waals surface area contributed by atoms with E-state index in [4.69, 9.17) is 16.3 Å². The first-order chi connectivity index (χ1) is 16.8. The number of allylic oxidation sites excluding steroid dienone is 1. The van der Waals surface area contributed by atoms with Crippen molar-refractivity contribution in [2.75, 3.05) is 24.7 Å². The molecule has 1 N–H and O–H groups in total. The lowest BCUT2D eigenvalue weighted by atomic mass is 9.78. The number of amides is 2. The number of carbonyl (C=O) groups is 3. The van der Waals surface area contributed by atoms with Crippen LogP contribution in [0.4, 0.5) is 5.69 Å². The average Bonchev–Trinajstić information content (AvgIpc) is 3.25. The molecule has 0 aliphatic carbocycles. The van der Waals surface area contributed by atoms with E-state index in [0.29, 0.717) is 23.9 Å². The number of rotatable bonds is 3. The van der Waals surface area contributed by atoms with Crippen molar-refractivity contribution < 1.29 is 24.2 Å². The Labute approximate surface area is 214 Å². The number of benzene rings is 1. The van der Waals surface area contributed by atoms with Crippen LogP contribution in [0.25, 0.3) is 0 Å². The van der Waals surface area contributed by atoms with E-state index in [1.807, 2.05) is 43.4 Å². The normalized spacial score (nSPS) is 34.2. The van der Waals surface area contributed by atoms with E-state index in [1.54, 1.807) is 17.9 Å². The molecule has 4 heterocycles. The van der Waals surface area contributed by atoms with Gasteiger partial charge in [-0.2, -0.15) is 0 Å². The Kier molecular flexibility index (Phi) is 6.48. The van der Waals surface area contributed by atoms with Crippen LogP contribution in [0.1, 0.15) is 25.3 Å². The number of aryl methyl sites for hydroxylation is 1. The minimum Gasteiger partial charge on any atom is -0.465 e. The third-order valence-electron chi connectivity index (χ3n) is 7.49. The van der Waals surface area contributed by atoms with Crippen LogP contribution < -0.4 is 4.90 Å². The van der Waals surface area contributed by atoms with Gasteiger partial charge in [-0.15, -0.1) is 11.8 Å². The van der Waals surface area contributed by atoms with E-state index in [2.05, 4.69) is 0 Å². The van der Waals surface area contributed by atoms with Crippen molar-refractivity contribution in [3.63, 3.8) is 0 Å². The monoisotopic (exact) mass is 516 g/mol. The third kappa shape index (κ3) is 3.72. The molecule has 9 heteroatoms. The van der Waals surface area contributed by atoms with E-state index < -0.39 is 34.6 Å². The highest BCUT2D eigenvalue weighted by Crippen LogP contribution is 2.61. The molecule has 1 aromatic rings. The van der Waals surface area contributed by atoms with Gasteiger partial charge in [0.05, 0.1) is 46.5 Å². The van der Waals surface area contributed by atoms with E-state index in [1.165, 1.54) is 16.7 Å². The summed E-state index contributed by atoms with van der Waals surface area (Å²) in [5.41, 5.74) is 1.46. The molecule has 186 valence electrons. The van der Waals surface area contributed by atoms with Crippen molar-refractivity contribution in [3.05, 3.63) is 53.1 Å². The molecule has 35 heavy (non-hydrogen) atoms. The van der Waals surface area contributed by atoms with E-state index in [0.717, 1.165) is 18.4 Å². The van der Waals surface area contributed by atoms with Crippen molar-refractivity contribution in [2.45, 2.75) is 48.8 Å². The van der Waals surface area contributed by atoms with Gasteiger partial charge in [-0.25, -0.2) is 0 Å². The lowest BCUT2D eigenvalue weighted by Gasteiger charge is -2.37. The maximum atomic E-state index is 14.3. The van der Waals surface area contributed by atoms with Crippen LogP contribution in [0.3, 0.4) is 0 Å². The first-order valence-corrected chi connectivity index (χ1v) is 13.3. The molecule has 1 aromatic carbocycles. The number of aliphatic hydroxyl groups is 1. The molecule has 0 aromatic heterocycles. The van der Waals surface area contributed by atoms with Gasteiger partial charge in [-0.1, -0.05) is 48.0 Å². The Morgan fingerprint density at radius 3 is 2.80 bits per heavy atom. The second kappa shape index (κ2) is 9.30. The number of para-hydroxylation sites is 1. The minimum atomic E-state index is -0.959. The number of aliphatic hydroxyl groups excluding tert-OH is 1. The van der Waals surface area contributed by atoms with Gasteiger partial charge in [0, 0.05) is 11.8 Å². The second-order valence-corrected chi connectivity index (χ2v) is 11.5. The van der Waals surface area contributed by atoms with E-state index in [-0.39, 0.29) is 23.7 Å². The maximum absolute atomic E-state index is 14.3. The smallest absolute Gasteiger partial charge is 0.311 e. The largest absolute Gasteiger partial charge is 0.465 e. The molecule has 0 radical (unpaired) electrons. The Morgan fingerprint density at radius 1 is 1.26 bits per heavy atom. The molecular formula is C26H29ClN2O5S. The minimum absolute atomic E-state index is 0.265. The summed E-state index contributed by atoms with van der Waals surface area (Å²) in [4.78, 5) is 44.7. The number of carbonyl (C=O) groups excluding carboxylic acids is 3. The third-order valence-corrected chi connectivity index (χ3v) is 9.54. The molecule has 4 aliphatic heterocycles. The Hall–Kier alpha value is -2.29. The number of ether oxygens (including phenoxy) is 1. The molecule has 0 saturated carbocycles. The maximum Gasteiger partial charge on any atom is 0.311 e. The van der Waals surface area contributed by atoms with Gasteiger partial charge in [0.2, 0.25) is 5.91 Å². The number of hydrogen-bond donors (Lipinski definition) is 1. The van der Waals surface area contributed by atoms with Crippen LogP contribution in [-0.2, 0) is 19.1 Å². The fourth-order valence-corrected chi connectivity index (χ4v) is 8.23. The van der Waals surface area contributed by atoms with Gasteiger partial charge in [0.25, 0.3) is 5.91 Å². The number of anilines is 1. The molecular weight excluding hydrogens is 488 g/mol. The summed E-state index contributed by atoms with van der Waals surface area (Å²) >= 11 is 8.04. The van der Waals surface area contributed by atoms with Gasteiger partial charge in [-0.3, -0.25) is 14.4 Å². The Morgan fingerprint density at radius 2 is 2.06 bits per heavy atom. The van der Waals surface area contributed by atoms with Gasteiger partial charge < -0.3 is 19.6 Å². The predicted molar refractivity (Wildman–Crippen MR) is 135 cm³/mol. The lowest BCUT2D eigenvalue weighted by Crippen LogP contribution is -2.56. The summed E-state index contributed by atoms with van der Waals surface area (Å²) in [6, 6.07) is 3.99. The molecule has 1 spiro atoms. The summed E-state index contributed by atoms with van der Waals surface area (Å²) in [5, 5.41) is 10.2. The first kappa shape index (κ1) is 24.4. The van der Waals surface area contributed by atoms with Crippen LogP contribution in [0.2, 0.25) is 5.02 Å². The quantitative estimate of drug-likeness (QED) is 0.490. The first-order valence-electron chi connectivity index (χ1n) is 12.0. The number of hydrogen-bond acceptors (Lipinski definition) is 6. The van der Waals surface area contributed by atoms with E-state index in [9.17, 15) is 19.5 Å². The molecule has 2 amide bonds. The number of esters is 1. The van der Waals surface area contributed by atoms with Gasteiger partial charge in [0.15, 0.2) is 0 Å². The van der Waals surface area contributed by atoms with Crippen LogP contribution in [-0.4, -0.2) is 69.6 Å². The zero-order valence-electron chi connectivity index (χ0n) is 19.7. The second-order valence-electron chi connectivity index (χ2n) is 9.61. The summed E-state index contributed by atoms with van der Waals surface area (Å²) in [6.45, 7) is 3.92. The molecule has 1 unspecified atom stereocenters. The van der Waals surface area contributed by atoms with Crippen molar-refractivity contribution >= 4 is 46.8 Å². The molecule has 2 fully saturated rings. The van der Waals surface area contributed by atoms with Crippen LogP contribution in [0.15, 0.2) is 42.5 Å². The van der Waals surface area contributed by atoms with Gasteiger partial charge >= 0.3 is 5.97 Å². The fourth-order valence-electron chi connectivity index (χ4n) is 5.92. The highest BCUT2D eigenvalue weighted by atomic mass is 35.5. The summed E-state index contributed by atoms with van der Waals surface area (Å²) in [7, 11) is 0. The fraction of sp³-hybridized carbons (Fsp3) is 0.500. The van der Waals surface area contributed by atoms with Crippen molar-refractivity contribution in [1.82, 2.24) is 4.90 Å². The van der Waals surface area contributed by atoms with Crippen LogP contribution >= 0.6 is 23.4 Å². The standard InChI is InChI=1S/C26H29ClN2O5S/c1-15-8-6-9-17(27)21(15)28-12-7-11-26-20(23(31)29(16(2)14-30)22(26)24(28)32)19-18(35-26)10-4-3-5-13-34-25(19)33/h4,6-11,16,18-20,22,30H,3,5,12-14H2,1-2H3/b10-4-/t16-,18+,19-,20+,22?,26+/m1/s1. The van der Waals surface area contributed by atoms with E-state index >= 15 is 0 Å².